The van der Waals surface area contributed by atoms with Gasteiger partial charge in [-0.3, -0.25) is 14.9 Å². The normalized spacial score (nSPS) is 15.0. The van der Waals surface area contributed by atoms with Crippen LogP contribution in [0.2, 0.25) is 10.0 Å². The number of carbonyl (C=O) groups excluding carboxylic acids is 1. The molecule has 1 fully saturated rings. The minimum absolute atomic E-state index is 0.123. The Kier molecular flexibility index (Phi) is 10.8. The Morgan fingerprint density at radius 1 is 1.04 bits per heavy atom. The first-order valence-corrected chi connectivity index (χ1v) is 16.8. The van der Waals surface area contributed by atoms with Crippen LogP contribution in [0, 0.1) is 0 Å². The number of carboxylic acid groups (broad SMARTS) is 1. The number of hydrogen-bond acceptors (Lipinski definition) is 7. The average molecular weight is 703 g/mol. The molecule has 0 radical (unpaired) electrons. The van der Waals surface area contributed by atoms with Gasteiger partial charge in [0.05, 0.1) is 42.6 Å². The Morgan fingerprint density at radius 2 is 1.80 bits per heavy atom. The van der Waals surface area contributed by atoms with Gasteiger partial charge in [0.1, 0.15) is 11.8 Å². The molecule has 1 aromatic heterocycles. The highest BCUT2D eigenvalue weighted by molar-refractivity contribution is 6.36. The molecule has 12 heteroatoms. The van der Waals surface area contributed by atoms with E-state index in [0.29, 0.717) is 40.9 Å². The molecule has 10 nitrogen and oxygen atoms in total. The van der Waals surface area contributed by atoms with Gasteiger partial charge in [-0.1, -0.05) is 77.8 Å². The number of nitrogens with one attached hydrogen (secondary N) is 3. The Hall–Kier alpha value is -4.45. The van der Waals surface area contributed by atoms with Crippen LogP contribution in [-0.2, 0) is 29.2 Å². The summed E-state index contributed by atoms with van der Waals surface area (Å²) < 4.78 is 7.60. The number of carboxylic acids is 1. The van der Waals surface area contributed by atoms with Crippen LogP contribution in [0.5, 0.6) is 5.75 Å². The smallest absolute Gasteiger partial charge is 0.323 e. The highest BCUT2D eigenvalue weighted by Gasteiger charge is 2.21. The Labute approximate surface area is 294 Å². The van der Waals surface area contributed by atoms with E-state index in [4.69, 9.17) is 32.9 Å². The van der Waals surface area contributed by atoms with Crippen molar-refractivity contribution in [2.24, 2.45) is 0 Å². The second kappa shape index (κ2) is 15.4. The predicted molar refractivity (Wildman–Crippen MR) is 191 cm³/mol. The molecule has 1 saturated heterocycles. The largest absolute Gasteiger partial charge is 0.496 e. The summed E-state index contributed by atoms with van der Waals surface area (Å²) in [5.74, 6) is -0.473. The number of ether oxygens (including phenoxy) is 1. The Balaban J connectivity index is 1.20. The molecule has 254 valence electrons. The molecule has 0 aliphatic carbocycles. The van der Waals surface area contributed by atoms with E-state index < -0.39 is 18.6 Å². The number of imidazole rings is 1. The highest BCUT2D eigenvalue weighted by atomic mass is 35.5. The van der Waals surface area contributed by atoms with Gasteiger partial charge in [-0.05, 0) is 41.3 Å². The standard InChI is InChI=1S/C37H37Cl2N5O5/c1-49-33-15-25(30(38)14-24(33)17-41-31(20-45)37(47)48)19-44-21-42-36-29(6-3-7-32(36)44)28-5-2-4-27(35(28)39)23-10-8-22(9-11-23)16-40-18-26-12-13-34(46)43-26/h2-11,14-15,21,26,31,40-41,45H,12-13,16-20H2,1H3,(H,43,46)(H,47,48)/t26-,31?/m0/s1. The number of carbonyl (C=O) groups is 2. The summed E-state index contributed by atoms with van der Waals surface area (Å²) in [6.45, 7) is 1.49. The second-order valence-electron chi connectivity index (χ2n) is 12.1. The number of aromatic nitrogens is 2. The summed E-state index contributed by atoms with van der Waals surface area (Å²) in [4.78, 5) is 27.5. The van der Waals surface area contributed by atoms with Gasteiger partial charge < -0.3 is 30.2 Å². The lowest BCUT2D eigenvalue weighted by molar-refractivity contribution is -0.140. The van der Waals surface area contributed by atoms with E-state index in [0.717, 1.165) is 57.4 Å². The molecule has 2 atom stereocenters. The van der Waals surface area contributed by atoms with E-state index in [1.54, 1.807) is 19.5 Å². The molecule has 0 saturated carbocycles. The topological polar surface area (TPSA) is 138 Å². The zero-order valence-electron chi connectivity index (χ0n) is 26.9. The lowest BCUT2D eigenvalue weighted by Gasteiger charge is -2.16. The van der Waals surface area contributed by atoms with Crippen molar-refractivity contribution in [2.75, 3.05) is 20.3 Å². The molecular weight excluding hydrogens is 665 g/mol. The maximum Gasteiger partial charge on any atom is 0.323 e. The highest BCUT2D eigenvalue weighted by Crippen LogP contribution is 2.39. The number of para-hydroxylation sites is 1. The number of rotatable bonds is 14. The summed E-state index contributed by atoms with van der Waals surface area (Å²) >= 11 is 13.8. The number of aliphatic hydroxyl groups is 1. The van der Waals surface area contributed by atoms with Crippen LogP contribution < -0.4 is 20.7 Å². The molecule has 1 amide bonds. The Morgan fingerprint density at radius 3 is 2.51 bits per heavy atom. The van der Waals surface area contributed by atoms with Gasteiger partial charge in [0.2, 0.25) is 5.91 Å². The van der Waals surface area contributed by atoms with Crippen LogP contribution >= 0.6 is 23.2 Å². The van der Waals surface area contributed by atoms with E-state index in [-0.39, 0.29) is 18.5 Å². The summed E-state index contributed by atoms with van der Waals surface area (Å²) in [6.07, 6.45) is 3.24. The summed E-state index contributed by atoms with van der Waals surface area (Å²) in [5, 5.41) is 28.9. The van der Waals surface area contributed by atoms with Crippen LogP contribution in [0.4, 0.5) is 0 Å². The molecule has 5 aromatic rings. The van der Waals surface area contributed by atoms with Crippen LogP contribution in [0.25, 0.3) is 33.3 Å². The van der Waals surface area contributed by atoms with Crippen molar-refractivity contribution in [2.45, 2.75) is 44.6 Å². The molecule has 1 unspecified atom stereocenters. The van der Waals surface area contributed by atoms with Crippen molar-refractivity contribution in [3.8, 4) is 28.0 Å². The van der Waals surface area contributed by atoms with E-state index in [9.17, 15) is 19.8 Å². The molecule has 5 N–H and O–H groups in total. The van der Waals surface area contributed by atoms with E-state index >= 15 is 0 Å². The van der Waals surface area contributed by atoms with Gasteiger partial charge in [-0.25, -0.2) is 4.98 Å². The predicted octanol–water partition coefficient (Wildman–Crippen LogP) is 5.64. The molecule has 4 aromatic carbocycles. The van der Waals surface area contributed by atoms with Gasteiger partial charge in [0.15, 0.2) is 0 Å². The van der Waals surface area contributed by atoms with Crippen LogP contribution in [0.15, 0.2) is 79.1 Å². The zero-order chi connectivity index (χ0) is 34.5. The quantitative estimate of drug-likeness (QED) is 0.100. The number of hydrogen-bond donors (Lipinski definition) is 5. The summed E-state index contributed by atoms with van der Waals surface area (Å²) in [5.41, 5.74) is 8.03. The minimum Gasteiger partial charge on any atom is -0.496 e. The fraction of sp³-hybridized carbons (Fsp3) is 0.270. The Bertz CT molecular complexity index is 1980. The van der Waals surface area contributed by atoms with Gasteiger partial charge in [-0.15, -0.1) is 0 Å². The summed E-state index contributed by atoms with van der Waals surface area (Å²) in [6, 6.07) is 23.0. The molecule has 0 spiro atoms. The SMILES string of the molecule is COc1cc(Cn2cnc3c(-c4cccc(-c5ccc(CNC[C@@H]6CCC(=O)N6)cc5)c4Cl)cccc32)c(Cl)cc1CNC(CO)C(=O)O. The van der Waals surface area contributed by atoms with E-state index in [2.05, 4.69) is 40.2 Å². The molecule has 49 heavy (non-hydrogen) atoms. The summed E-state index contributed by atoms with van der Waals surface area (Å²) in [7, 11) is 1.54. The number of methoxy groups -OCH3 is 1. The monoisotopic (exact) mass is 701 g/mol. The van der Waals surface area contributed by atoms with Crippen molar-refractivity contribution in [1.82, 2.24) is 25.5 Å². The van der Waals surface area contributed by atoms with E-state index in [1.807, 2.05) is 47.0 Å². The number of nitrogens with zero attached hydrogens (tertiary/aromatic N) is 2. The van der Waals surface area contributed by atoms with Crippen molar-refractivity contribution in [3.05, 3.63) is 106 Å². The third kappa shape index (κ3) is 7.74. The van der Waals surface area contributed by atoms with Crippen molar-refractivity contribution in [3.63, 3.8) is 0 Å². The molecular formula is C37H37Cl2N5O5. The maximum absolute atomic E-state index is 11.4. The van der Waals surface area contributed by atoms with Gasteiger partial charge in [0, 0.05) is 59.4 Å². The second-order valence-corrected chi connectivity index (χ2v) is 12.8. The lowest BCUT2D eigenvalue weighted by Crippen LogP contribution is -2.39. The van der Waals surface area contributed by atoms with Crippen LogP contribution in [0.1, 0.15) is 29.5 Å². The van der Waals surface area contributed by atoms with Crippen molar-refractivity contribution in [1.29, 1.82) is 0 Å². The third-order valence-corrected chi connectivity index (χ3v) is 9.58. The van der Waals surface area contributed by atoms with Gasteiger partial charge in [0.25, 0.3) is 0 Å². The van der Waals surface area contributed by atoms with Gasteiger partial charge in [-0.2, -0.15) is 0 Å². The van der Waals surface area contributed by atoms with Crippen molar-refractivity contribution < 1.29 is 24.5 Å². The molecule has 6 rings (SSSR count). The number of aliphatic carboxylic acids is 1. The molecule has 1 aliphatic rings. The maximum atomic E-state index is 11.4. The van der Waals surface area contributed by atoms with Gasteiger partial charge >= 0.3 is 5.97 Å². The average Bonchev–Trinajstić information content (AvgIpc) is 3.72. The molecule has 1 aliphatic heterocycles. The lowest BCUT2D eigenvalue weighted by atomic mass is 9.97. The van der Waals surface area contributed by atoms with Crippen LogP contribution in [-0.4, -0.2) is 64.0 Å². The van der Waals surface area contributed by atoms with Crippen LogP contribution in [0.3, 0.4) is 0 Å². The third-order valence-electron chi connectivity index (χ3n) is 8.82. The first kappa shape index (κ1) is 34.4. The number of fused-ring (bicyclic) bond motifs is 1. The van der Waals surface area contributed by atoms with Crippen molar-refractivity contribution >= 4 is 46.1 Å². The number of amides is 1. The molecule has 2 heterocycles. The number of benzene rings is 4. The first-order valence-electron chi connectivity index (χ1n) is 16.0. The zero-order valence-corrected chi connectivity index (χ0v) is 28.4. The number of aliphatic hydroxyl groups excluding tert-OH is 1. The molecule has 0 bridgehead atoms. The minimum atomic E-state index is -1.14. The fourth-order valence-corrected chi connectivity index (χ4v) is 6.73. The van der Waals surface area contributed by atoms with E-state index in [1.165, 1.54) is 0 Å². The number of halogens is 2. The first-order chi connectivity index (χ1) is 23.7. The fourth-order valence-electron chi connectivity index (χ4n) is 6.15.